The number of carbonyl (C=O) groups excluding carboxylic acids is 2. The minimum absolute atomic E-state index is 0.148. The van der Waals surface area contributed by atoms with Crippen LogP contribution in [0.4, 0.5) is 0 Å². The van der Waals surface area contributed by atoms with E-state index in [-0.39, 0.29) is 55.5 Å². The van der Waals surface area contributed by atoms with Gasteiger partial charge in [-0.25, -0.2) is 19.2 Å². The molecule has 8 nitrogen and oxygen atoms in total. The topological polar surface area (TPSA) is 127 Å². The molecule has 0 spiro atoms. The van der Waals surface area contributed by atoms with Gasteiger partial charge in [0, 0.05) is 35.1 Å². The van der Waals surface area contributed by atoms with E-state index in [4.69, 9.17) is 19.7 Å². The maximum absolute atomic E-state index is 12.4. The van der Waals surface area contributed by atoms with Crippen molar-refractivity contribution in [3.05, 3.63) is 47.6 Å². The predicted octanol–water partition coefficient (Wildman–Crippen LogP) is 16.6. The van der Waals surface area contributed by atoms with Crippen LogP contribution in [0.3, 0.4) is 0 Å². The lowest BCUT2D eigenvalue weighted by molar-refractivity contribution is -0.211. The van der Waals surface area contributed by atoms with Gasteiger partial charge in [-0.05, 0) is 218 Å². The van der Waals surface area contributed by atoms with E-state index in [1.165, 1.54) is 96.3 Å². The standard InChI is InChI=1S/2C34H52O4/c1-21-13-16-31(5)19-20-33(7)23(29(31)22(21)2)9-10-25-32(6)17-15-26(38-28(37)12-11-27(35)36)30(3,4)24(32)14-18-34(25,33)8;1-29(2)17-18-31(5)19-20-33(7)22(23(31)21-29)9-10-25-32(6)15-14-26(38-28(37)12-11-27(35)36)30(3,4)24(32)13-16-34(25,33)8/h9,11-12,21-22,24-26,29H,10,13-20H2,1-8H3,(H,35,36);9,11-12,23-26H,10,13-21H2,1-8H3,(H,35,36)/b2*12-11+/t21-,22+,24?,25?,26+,29?,31-,32+,33-,34-;23?,24?,25?,26-,31+,32-,33+,34+/m10/s1. The predicted molar refractivity (Wildman–Crippen MR) is 303 cm³/mol. The number of carbonyl (C=O) groups is 4. The van der Waals surface area contributed by atoms with Crippen molar-refractivity contribution in [2.45, 2.75) is 245 Å². The molecule has 6 unspecified atom stereocenters. The molecule has 0 amide bonds. The van der Waals surface area contributed by atoms with Gasteiger partial charge in [-0.2, -0.15) is 0 Å². The molecule has 0 aromatic rings. The molecule has 0 radical (unpaired) electrons. The zero-order valence-electron chi connectivity index (χ0n) is 50.5. The highest BCUT2D eigenvalue weighted by molar-refractivity contribution is 5.91. The smallest absolute Gasteiger partial charge is 0.331 e. The molecule has 8 saturated carbocycles. The Morgan fingerprint density at radius 2 is 0.921 bits per heavy atom. The maximum atomic E-state index is 12.4. The highest BCUT2D eigenvalue weighted by Crippen LogP contribution is 2.78. The zero-order chi connectivity index (χ0) is 55.8. The lowest BCUT2D eigenvalue weighted by Crippen LogP contribution is -2.65. The molecule has 18 atom stereocenters. The molecule has 0 aliphatic heterocycles. The fraction of sp³-hybridized carbons (Fsp3) is 0.824. The Balaban J connectivity index is 0.000000186. The largest absolute Gasteiger partial charge is 0.478 e. The minimum Gasteiger partial charge on any atom is -0.478 e. The van der Waals surface area contributed by atoms with E-state index in [1.807, 2.05) is 11.1 Å². The molecular formula is C68H104O8. The van der Waals surface area contributed by atoms with Gasteiger partial charge in [0.05, 0.1) is 0 Å². The first-order valence-corrected chi connectivity index (χ1v) is 30.7. The fourth-order valence-corrected chi connectivity index (χ4v) is 22.4. The first kappa shape index (κ1) is 57.5. The molecular weight excluding hydrogens is 945 g/mol. The van der Waals surface area contributed by atoms with E-state index >= 15 is 0 Å². The number of rotatable bonds is 6. The van der Waals surface area contributed by atoms with Crippen LogP contribution in [0.15, 0.2) is 47.6 Å². The molecule has 0 heterocycles. The van der Waals surface area contributed by atoms with Gasteiger partial charge in [-0.15, -0.1) is 0 Å². The number of carboxylic acids is 2. The van der Waals surface area contributed by atoms with Gasteiger partial charge in [-0.3, -0.25) is 0 Å². The van der Waals surface area contributed by atoms with Crippen molar-refractivity contribution in [3.8, 4) is 0 Å². The molecule has 2 N–H and O–H groups in total. The summed E-state index contributed by atoms with van der Waals surface area (Å²) in [6, 6.07) is 0. The molecule has 0 bridgehead atoms. The van der Waals surface area contributed by atoms with Crippen molar-refractivity contribution in [2.24, 2.45) is 107 Å². The molecule has 10 aliphatic carbocycles. The first-order valence-electron chi connectivity index (χ1n) is 30.7. The molecule has 8 fully saturated rings. The van der Waals surface area contributed by atoms with E-state index < -0.39 is 23.9 Å². The van der Waals surface area contributed by atoms with Gasteiger partial charge in [0.2, 0.25) is 0 Å². The van der Waals surface area contributed by atoms with E-state index in [2.05, 4.69) is 123 Å². The molecule has 10 aliphatic rings. The van der Waals surface area contributed by atoms with Gasteiger partial charge >= 0.3 is 23.9 Å². The highest BCUT2D eigenvalue weighted by Gasteiger charge is 2.70. The molecule has 0 aromatic carbocycles. The summed E-state index contributed by atoms with van der Waals surface area (Å²) in [4.78, 5) is 46.6. The Hall–Kier alpha value is -3.16. The Morgan fingerprint density at radius 1 is 0.487 bits per heavy atom. The number of esters is 2. The summed E-state index contributed by atoms with van der Waals surface area (Å²) in [5.41, 5.74) is 6.18. The second-order valence-electron chi connectivity index (χ2n) is 32.1. The first-order chi connectivity index (χ1) is 35.1. The van der Waals surface area contributed by atoms with Gasteiger partial charge < -0.3 is 19.7 Å². The van der Waals surface area contributed by atoms with Crippen LogP contribution >= 0.6 is 0 Å². The molecule has 76 heavy (non-hydrogen) atoms. The second-order valence-corrected chi connectivity index (χ2v) is 32.1. The van der Waals surface area contributed by atoms with Crippen LogP contribution in [-0.4, -0.2) is 46.3 Å². The van der Waals surface area contributed by atoms with Gasteiger partial charge in [0.25, 0.3) is 0 Å². The highest BCUT2D eigenvalue weighted by atomic mass is 16.5. The van der Waals surface area contributed by atoms with Crippen LogP contribution in [-0.2, 0) is 28.7 Å². The zero-order valence-corrected chi connectivity index (χ0v) is 50.5. The van der Waals surface area contributed by atoms with E-state index in [0.29, 0.717) is 39.9 Å². The molecule has 0 saturated heterocycles. The molecule has 0 aromatic heterocycles. The third-order valence-corrected chi connectivity index (χ3v) is 27.6. The lowest BCUT2D eigenvalue weighted by Gasteiger charge is -2.71. The Kier molecular flexibility index (Phi) is 14.4. The van der Waals surface area contributed by atoms with Crippen LogP contribution in [0.5, 0.6) is 0 Å². The third-order valence-electron chi connectivity index (χ3n) is 27.6. The molecule has 10 rings (SSSR count). The van der Waals surface area contributed by atoms with E-state index in [9.17, 15) is 19.2 Å². The van der Waals surface area contributed by atoms with Gasteiger partial charge in [0.1, 0.15) is 12.2 Å². The van der Waals surface area contributed by atoms with Crippen molar-refractivity contribution < 1.29 is 38.9 Å². The lowest BCUT2D eigenvalue weighted by atomic mass is 9.33. The number of allylic oxidation sites excluding steroid dienone is 4. The Labute approximate surface area is 460 Å². The second kappa shape index (κ2) is 19.0. The molecule has 424 valence electrons. The summed E-state index contributed by atoms with van der Waals surface area (Å²) >= 11 is 0. The summed E-state index contributed by atoms with van der Waals surface area (Å²) in [5, 5.41) is 17.8. The average molecular weight is 1050 g/mol. The number of ether oxygens (including phenoxy) is 2. The van der Waals surface area contributed by atoms with Crippen LogP contribution in [0, 0.1) is 107 Å². The monoisotopic (exact) mass is 1050 g/mol. The van der Waals surface area contributed by atoms with Crippen LogP contribution in [0.2, 0.25) is 0 Å². The number of hydrogen-bond donors (Lipinski definition) is 2. The van der Waals surface area contributed by atoms with Crippen LogP contribution in [0.1, 0.15) is 233 Å². The van der Waals surface area contributed by atoms with Crippen LogP contribution in [0.25, 0.3) is 0 Å². The Morgan fingerprint density at radius 3 is 1.39 bits per heavy atom. The molecule has 8 heteroatoms. The quantitative estimate of drug-likeness (QED) is 0.153. The Bertz CT molecular complexity index is 2460. The summed E-state index contributed by atoms with van der Waals surface area (Å²) in [7, 11) is 0. The SMILES string of the molecule is CC1(C)CC[C@]2(C)CC[C@]3(C)C(=CCC4[C@@]5(C)CC[C@H](OC(=O)/C=C/C(=O)O)C(C)(C)C5CC[C@]43C)C2C1.C[C@@H]1CC[C@]2(C)CC[C@]3(C)C(=CCC4[C@@]5(C)CC[C@H](OC(=O)/C=C/C(=O)O)C(C)(C)C5CC[C@]43C)C2[C@H]1C. The maximum Gasteiger partial charge on any atom is 0.331 e. The van der Waals surface area contributed by atoms with Crippen molar-refractivity contribution in [3.63, 3.8) is 0 Å². The average Bonchev–Trinajstić information content (AvgIpc) is 3.33. The van der Waals surface area contributed by atoms with Gasteiger partial charge in [0.15, 0.2) is 0 Å². The summed E-state index contributed by atoms with van der Waals surface area (Å²) in [6.45, 7) is 40.1. The van der Waals surface area contributed by atoms with E-state index in [0.717, 1.165) is 73.7 Å². The number of aliphatic carboxylic acids is 2. The number of fused-ring (bicyclic) bond motifs is 14. The van der Waals surface area contributed by atoms with Crippen molar-refractivity contribution >= 4 is 23.9 Å². The number of carboxylic acid groups (broad SMARTS) is 2. The number of hydrogen-bond acceptors (Lipinski definition) is 6. The van der Waals surface area contributed by atoms with E-state index in [1.54, 1.807) is 0 Å². The van der Waals surface area contributed by atoms with Gasteiger partial charge in [-0.1, -0.05) is 134 Å². The normalized spacial score (nSPS) is 48.4. The fourth-order valence-electron chi connectivity index (χ4n) is 22.4. The van der Waals surface area contributed by atoms with Crippen molar-refractivity contribution in [1.82, 2.24) is 0 Å². The van der Waals surface area contributed by atoms with Crippen molar-refractivity contribution in [2.75, 3.05) is 0 Å². The van der Waals surface area contributed by atoms with Crippen LogP contribution < -0.4 is 0 Å². The summed E-state index contributed by atoms with van der Waals surface area (Å²) in [5.74, 6) is 1.90. The third kappa shape index (κ3) is 8.74. The minimum atomic E-state index is -1.12. The van der Waals surface area contributed by atoms with Crippen molar-refractivity contribution in [1.29, 1.82) is 0 Å². The summed E-state index contributed by atoms with van der Waals surface area (Å²) in [6.07, 6.45) is 32.2. The summed E-state index contributed by atoms with van der Waals surface area (Å²) < 4.78 is 11.8.